The predicted octanol–water partition coefficient (Wildman–Crippen LogP) is 3.46. The maximum absolute atomic E-state index is 5.65. The highest BCUT2D eigenvalue weighted by Crippen LogP contribution is 2.18. The van der Waals surface area contributed by atoms with Crippen LogP contribution < -0.4 is 5.73 Å². The number of nitrogens with zero attached hydrogens (tertiary/aromatic N) is 1. The number of benzene rings is 2. The van der Waals surface area contributed by atoms with Crippen LogP contribution in [0, 0.1) is 0 Å². The van der Waals surface area contributed by atoms with E-state index in [-0.39, 0.29) is 0 Å². The summed E-state index contributed by atoms with van der Waals surface area (Å²) in [6.07, 6.45) is 3.85. The van der Waals surface area contributed by atoms with Gasteiger partial charge in [-0.2, -0.15) is 0 Å². The molecular weight excluding hydrogens is 236 g/mol. The van der Waals surface area contributed by atoms with Crippen LogP contribution in [0.2, 0.25) is 0 Å². The van der Waals surface area contributed by atoms with Gasteiger partial charge in [0, 0.05) is 12.6 Å². The molecule has 0 atom stereocenters. The molecule has 3 nitrogen and oxygen atoms in total. The average Bonchev–Trinajstić information content (AvgIpc) is 2.88. The maximum Gasteiger partial charge on any atom is 0.220 e. The molecule has 0 spiro atoms. The summed E-state index contributed by atoms with van der Waals surface area (Å²) >= 11 is 0. The number of aromatic nitrogens is 1. The minimum absolute atomic E-state index is 0.512. The molecule has 3 rings (SSSR count). The Morgan fingerprint density at radius 2 is 1.89 bits per heavy atom. The quantitative estimate of drug-likeness (QED) is 0.774. The fourth-order valence-corrected chi connectivity index (χ4v) is 1.92. The van der Waals surface area contributed by atoms with E-state index >= 15 is 0 Å². The van der Waals surface area contributed by atoms with Gasteiger partial charge in [-0.05, 0) is 29.3 Å². The standard InChI is InChI=1S/C16H14N2O/c17-11-13-6-8-15-14(10-13)18-16(19-15)9-7-12-4-2-1-3-5-12/h1-10H,11,17H2/b9-7+. The van der Waals surface area contributed by atoms with Gasteiger partial charge in [0.15, 0.2) is 5.58 Å². The van der Waals surface area contributed by atoms with Gasteiger partial charge in [0.25, 0.3) is 0 Å². The zero-order chi connectivity index (χ0) is 13.1. The first-order valence-corrected chi connectivity index (χ1v) is 6.18. The van der Waals surface area contributed by atoms with Gasteiger partial charge in [0.1, 0.15) is 5.52 Å². The first-order chi connectivity index (χ1) is 9.35. The normalized spacial score (nSPS) is 11.4. The molecule has 0 unspecified atom stereocenters. The van der Waals surface area contributed by atoms with E-state index in [1.165, 1.54) is 0 Å². The van der Waals surface area contributed by atoms with Crippen LogP contribution >= 0.6 is 0 Å². The Morgan fingerprint density at radius 3 is 2.68 bits per heavy atom. The number of nitrogens with two attached hydrogens (primary N) is 1. The van der Waals surface area contributed by atoms with Crippen molar-refractivity contribution in [3.63, 3.8) is 0 Å². The molecule has 1 aromatic heterocycles. The lowest BCUT2D eigenvalue weighted by molar-refractivity contribution is 0.589. The van der Waals surface area contributed by atoms with Crippen molar-refractivity contribution in [3.05, 3.63) is 65.5 Å². The minimum atomic E-state index is 0.512. The summed E-state index contributed by atoms with van der Waals surface area (Å²) < 4.78 is 5.65. The third kappa shape index (κ3) is 2.56. The van der Waals surface area contributed by atoms with Crippen LogP contribution in [0.4, 0.5) is 0 Å². The van der Waals surface area contributed by atoms with Crippen LogP contribution in [0.15, 0.2) is 52.9 Å². The van der Waals surface area contributed by atoms with E-state index < -0.39 is 0 Å². The van der Waals surface area contributed by atoms with Crippen LogP contribution in [-0.4, -0.2) is 4.98 Å². The first kappa shape index (κ1) is 11.7. The van der Waals surface area contributed by atoms with Gasteiger partial charge in [-0.15, -0.1) is 0 Å². The zero-order valence-corrected chi connectivity index (χ0v) is 10.4. The third-order valence-electron chi connectivity index (χ3n) is 2.92. The Kier molecular flexibility index (Phi) is 3.12. The second-order valence-electron chi connectivity index (χ2n) is 4.30. The second kappa shape index (κ2) is 5.08. The molecule has 3 aromatic rings. The van der Waals surface area contributed by atoms with E-state index in [9.17, 15) is 0 Å². The monoisotopic (exact) mass is 250 g/mol. The Morgan fingerprint density at radius 1 is 1.05 bits per heavy atom. The Hall–Kier alpha value is -2.39. The van der Waals surface area contributed by atoms with Gasteiger partial charge >= 0.3 is 0 Å². The first-order valence-electron chi connectivity index (χ1n) is 6.18. The molecule has 0 fully saturated rings. The van der Waals surface area contributed by atoms with E-state index in [1.807, 2.05) is 60.7 Å². The highest BCUT2D eigenvalue weighted by molar-refractivity contribution is 5.76. The molecule has 2 N–H and O–H groups in total. The number of oxazole rings is 1. The lowest BCUT2D eigenvalue weighted by Crippen LogP contribution is -1.94. The smallest absolute Gasteiger partial charge is 0.220 e. The van der Waals surface area contributed by atoms with Gasteiger partial charge < -0.3 is 10.2 Å². The second-order valence-corrected chi connectivity index (χ2v) is 4.30. The van der Waals surface area contributed by atoms with Crippen molar-refractivity contribution < 1.29 is 4.42 Å². The van der Waals surface area contributed by atoms with E-state index in [2.05, 4.69) is 4.98 Å². The van der Waals surface area contributed by atoms with Crippen molar-refractivity contribution in [1.29, 1.82) is 0 Å². The summed E-state index contributed by atoms with van der Waals surface area (Å²) in [6, 6.07) is 15.9. The molecule has 0 saturated heterocycles. The molecule has 2 aromatic carbocycles. The van der Waals surface area contributed by atoms with Crippen LogP contribution in [0.25, 0.3) is 23.3 Å². The molecule has 0 aliphatic carbocycles. The Labute approximate surface area is 111 Å². The largest absolute Gasteiger partial charge is 0.437 e. The SMILES string of the molecule is NCc1ccc2oc(/C=C/c3ccccc3)nc2c1. The van der Waals surface area contributed by atoms with E-state index in [0.29, 0.717) is 12.4 Å². The predicted molar refractivity (Wildman–Crippen MR) is 77.3 cm³/mol. The van der Waals surface area contributed by atoms with Crippen LogP contribution in [0.5, 0.6) is 0 Å². The zero-order valence-electron chi connectivity index (χ0n) is 10.4. The fraction of sp³-hybridized carbons (Fsp3) is 0.0625. The van der Waals surface area contributed by atoms with Gasteiger partial charge in [0.05, 0.1) is 0 Å². The molecule has 19 heavy (non-hydrogen) atoms. The Balaban J connectivity index is 1.91. The number of hydrogen-bond acceptors (Lipinski definition) is 3. The van der Waals surface area contributed by atoms with E-state index in [1.54, 1.807) is 0 Å². The molecule has 94 valence electrons. The summed E-state index contributed by atoms with van der Waals surface area (Å²) in [5, 5.41) is 0. The van der Waals surface area contributed by atoms with Crippen LogP contribution in [-0.2, 0) is 6.54 Å². The van der Waals surface area contributed by atoms with Crippen molar-refractivity contribution in [2.24, 2.45) is 5.73 Å². The molecule has 0 bridgehead atoms. The van der Waals surface area contributed by atoms with Gasteiger partial charge in [0.2, 0.25) is 5.89 Å². The molecule has 0 radical (unpaired) electrons. The molecule has 0 aliphatic rings. The molecular formula is C16H14N2O. The van der Waals surface area contributed by atoms with Crippen molar-refractivity contribution in [1.82, 2.24) is 4.98 Å². The summed E-state index contributed by atoms with van der Waals surface area (Å²) in [6.45, 7) is 0.512. The highest BCUT2D eigenvalue weighted by atomic mass is 16.3. The molecule has 0 amide bonds. The molecule has 3 heteroatoms. The van der Waals surface area contributed by atoms with Gasteiger partial charge in [-0.3, -0.25) is 0 Å². The fourth-order valence-electron chi connectivity index (χ4n) is 1.92. The average molecular weight is 250 g/mol. The van der Waals surface area contributed by atoms with Crippen molar-refractivity contribution in [3.8, 4) is 0 Å². The third-order valence-corrected chi connectivity index (χ3v) is 2.92. The summed E-state index contributed by atoms with van der Waals surface area (Å²) in [4.78, 5) is 4.43. The Bertz CT molecular complexity index is 714. The van der Waals surface area contributed by atoms with Crippen molar-refractivity contribution in [2.75, 3.05) is 0 Å². The lowest BCUT2D eigenvalue weighted by Gasteiger charge is -1.92. The van der Waals surface area contributed by atoms with Crippen molar-refractivity contribution in [2.45, 2.75) is 6.54 Å². The highest BCUT2D eigenvalue weighted by Gasteiger charge is 2.03. The van der Waals surface area contributed by atoms with Gasteiger partial charge in [-0.25, -0.2) is 4.98 Å². The van der Waals surface area contributed by atoms with E-state index in [4.69, 9.17) is 10.2 Å². The number of hydrogen-bond donors (Lipinski definition) is 1. The summed E-state index contributed by atoms with van der Waals surface area (Å²) in [7, 11) is 0. The summed E-state index contributed by atoms with van der Waals surface area (Å²) in [5.74, 6) is 0.605. The number of fused-ring (bicyclic) bond motifs is 1. The van der Waals surface area contributed by atoms with Gasteiger partial charge in [-0.1, -0.05) is 36.4 Å². The molecule has 1 heterocycles. The molecule has 0 aliphatic heterocycles. The molecule has 0 saturated carbocycles. The topological polar surface area (TPSA) is 52.0 Å². The maximum atomic E-state index is 5.65. The van der Waals surface area contributed by atoms with Crippen LogP contribution in [0.1, 0.15) is 17.0 Å². The summed E-state index contributed by atoms with van der Waals surface area (Å²) in [5.41, 5.74) is 9.41. The lowest BCUT2D eigenvalue weighted by atomic mass is 10.2. The van der Waals surface area contributed by atoms with E-state index in [0.717, 1.165) is 22.2 Å². The van der Waals surface area contributed by atoms with Crippen molar-refractivity contribution >= 4 is 23.3 Å². The minimum Gasteiger partial charge on any atom is -0.437 e. The number of rotatable bonds is 3. The van der Waals surface area contributed by atoms with Crippen LogP contribution in [0.3, 0.4) is 0 Å².